The van der Waals surface area contributed by atoms with Gasteiger partial charge in [0.2, 0.25) is 5.76 Å². The van der Waals surface area contributed by atoms with Crippen molar-refractivity contribution in [3.05, 3.63) is 42.0 Å². The largest absolute Gasteiger partial charge is 0.463 e. The molecule has 0 aliphatic carbocycles. The first kappa shape index (κ1) is 15.0. The van der Waals surface area contributed by atoms with Crippen LogP contribution in [-0.4, -0.2) is 32.7 Å². The van der Waals surface area contributed by atoms with E-state index in [2.05, 4.69) is 15.0 Å². The van der Waals surface area contributed by atoms with E-state index in [1.807, 2.05) is 0 Å². The molecule has 2 heterocycles. The molecule has 2 aromatic rings. The standard InChI is InChI=1S/C13H14N2O5S/c1-19-13(16)12-9(5-6-20-12)7-14-10-3-4-11(15-8-10)21(2,17)18/h3-6,8,14H,7H2,1-2H3. The van der Waals surface area contributed by atoms with Gasteiger partial charge in [-0.3, -0.25) is 0 Å². The van der Waals surface area contributed by atoms with Crippen LogP contribution in [0.5, 0.6) is 0 Å². The summed E-state index contributed by atoms with van der Waals surface area (Å²) < 4.78 is 32.3. The van der Waals surface area contributed by atoms with Crippen molar-refractivity contribution in [2.75, 3.05) is 18.7 Å². The van der Waals surface area contributed by atoms with Crippen LogP contribution in [-0.2, 0) is 21.1 Å². The van der Waals surface area contributed by atoms with E-state index in [0.717, 1.165) is 6.26 Å². The number of nitrogens with one attached hydrogen (secondary N) is 1. The molecule has 0 radical (unpaired) electrons. The molecular weight excluding hydrogens is 296 g/mol. The van der Waals surface area contributed by atoms with E-state index >= 15 is 0 Å². The number of sulfone groups is 1. The van der Waals surface area contributed by atoms with E-state index in [1.54, 1.807) is 12.1 Å². The van der Waals surface area contributed by atoms with Gasteiger partial charge in [0.05, 0.1) is 25.3 Å². The van der Waals surface area contributed by atoms with Crippen LogP contribution in [0.4, 0.5) is 5.69 Å². The van der Waals surface area contributed by atoms with Gasteiger partial charge >= 0.3 is 5.97 Å². The molecule has 112 valence electrons. The van der Waals surface area contributed by atoms with Crippen LogP contribution < -0.4 is 5.32 Å². The number of furan rings is 1. The van der Waals surface area contributed by atoms with Crippen LogP contribution >= 0.6 is 0 Å². The van der Waals surface area contributed by atoms with Crippen molar-refractivity contribution < 1.29 is 22.4 Å². The fourth-order valence-corrected chi connectivity index (χ4v) is 2.21. The summed E-state index contributed by atoms with van der Waals surface area (Å²) in [5.41, 5.74) is 1.26. The minimum Gasteiger partial charge on any atom is -0.463 e. The molecule has 2 rings (SSSR count). The van der Waals surface area contributed by atoms with Gasteiger partial charge in [-0.2, -0.15) is 0 Å². The molecule has 0 bridgehead atoms. The Morgan fingerprint density at radius 1 is 1.38 bits per heavy atom. The molecule has 1 N–H and O–H groups in total. The number of rotatable bonds is 5. The smallest absolute Gasteiger partial charge is 0.374 e. The first-order valence-electron chi connectivity index (χ1n) is 5.96. The van der Waals surface area contributed by atoms with E-state index < -0.39 is 15.8 Å². The van der Waals surface area contributed by atoms with E-state index in [1.165, 1.54) is 25.6 Å². The molecule has 0 atom stereocenters. The van der Waals surface area contributed by atoms with Crippen molar-refractivity contribution in [1.82, 2.24) is 4.98 Å². The van der Waals surface area contributed by atoms with Gasteiger partial charge < -0.3 is 14.5 Å². The van der Waals surface area contributed by atoms with Crippen molar-refractivity contribution in [2.24, 2.45) is 0 Å². The minimum atomic E-state index is -3.31. The number of pyridine rings is 1. The highest BCUT2D eigenvalue weighted by atomic mass is 32.2. The van der Waals surface area contributed by atoms with Gasteiger partial charge in [-0.15, -0.1) is 0 Å². The third-order valence-electron chi connectivity index (χ3n) is 2.72. The average molecular weight is 310 g/mol. The Labute approximate surface area is 121 Å². The van der Waals surface area contributed by atoms with Gasteiger partial charge in [-0.05, 0) is 18.2 Å². The summed E-state index contributed by atoms with van der Waals surface area (Å²) in [6.45, 7) is 0.320. The number of nitrogens with zero attached hydrogens (tertiary/aromatic N) is 1. The highest BCUT2D eigenvalue weighted by molar-refractivity contribution is 7.90. The Kier molecular flexibility index (Phi) is 4.27. The highest BCUT2D eigenvalue weighted by Gasteiger charge is 2.15. The van der Waals surface area contributed by atoms with Gasteiger partial charge in [-0.1, -0.05) is 0 Å². The zero-order chi connectivity index (χ0) is 15.5. The van der Waals surface area contributed by atoms with Gasteiger partial charge in [0.25, 0.3) is 0 Å². The molecule has 0 saturated carbocycles. The Morgan fingerprint density at radius 2 is 2.14 bits per heavy atom. The van der Waals surface area contributed by atoms with Crippen molar-refractivity contribution in [2.45, 2.75) is 11.6 Å². The van der Waals surface area contributed by atoms with Crippen LogP contribution in [0.15, 0.2) is 40.1 Å². The quantitative estimate of drug-likeness (QED) is 0.835. The lowest BCUT2D eigenvalue weighted by molar-refractivity contribution is 0.0563. The number of carbonyl (C=O) groups excluding carboxylic acids is 1. The molecule has 0 unspecified atom stereocenters. The molecule has 7 nitrogen and oxygen atoms in total. The van der Waals surface area contributed by atoms with Gasteiger partial charge in [0.15, 0.2) is 14.9 Å². The number of esters is 1. The molecule has 0 spiro atoms. The summed E-state index contributed by atoms with van der Waals surface area (Å²) in [5.74, 6) is -0.423. The molecule has 0 aliphatic rings. The summed E-state index contributed by atoms with van der Waals surface area (Å²) in [7, 11) is -2.04. The van der Waals surface area contributed by atoms with Crippen molar-refractivity contribution in [3.8, 4) is 0 Å². The molecule has 0 aliphatic heterocycles. The van der Waals surface area contributed by atoms with E-state index in [-0.39, 0.29) is 10.8 Å². The maximum atomic E-state index is 11.4. The first-order valence-corrected chi connectivity index (χ1v) is 7.85. The van der Waals surface area contributed by atoms with Gasteiger partial charge in [0, 0.05) is 18.4 Å². The predicted molar refractivity (Wildman–Crippen MR) is 74.7 cm³/mol. The van der Waals surface area contributed by atoms with Gasteiger partial charge in [0.1, 0.15) is 0 Å². The molecule has 0 aromatic carbocycles. The van der Waals surface area contributed by atoms with Crippen molar-refractivity contribution in [1.29, 1.82) is 0 Å². The van der Waals surface area contributed by atoms with Crippen LogP contribution in [0.3, 0.4) is 0 Å². The summed E-state index contributed by atoms with van der Waals surface area (Å²) in [6.07, 6.45) is 3.90. The fourth-order valence-electron chi connectivity index (χ4n) is 1.65. The Morgan fingerprint density at radius 3 is 2.71 bits per heavy atom. The lowest BCUT2D eigenvalue weighted by Crippen LogP contribution is -2.07. The van der Waals surface area contributed by atoms with Crippen molar-refractivity contribution >= 4 is 21.5 Å². The Bertz CT molecular complexity index is 734. The normalized spacial score (nSPS) is 11.1. The third kappa shape index (κ3) is 3.60. The first-order chi connectivity index (χ1) is 9.91. The number of ether oxygens (including phenoxy) is 1. The van der Waals surface area contributed by atoms with Crippen LogP contribution in [0.2, 0.25) is 0 Å². The summed E-state index contributed by atoms with van der Waals surface area (Å²) in [5, 5.41) is 3.03. The number of methoxy groups -OCH3 is 1. The molecule has 21 heavy (non-hydrogen) atoms. The number of anilines is 1. The second kappa shape index (κ2) is 5.96. The fraction of sp³-hybridized carbons (Fsp3) is 0.231. The third-order valence-corrected chi connectivity index (χ3v) is 3.72. The molecule has 8 heteroatoms. The van der Waals surface area contributed by atoms with Crippen LogP contribution in [0, 0.1) is 0 Å². The molecule has 0 saturated heterocycles. The number of hydrogen-bond acceptors (Lipinski definition) is 7. The van der Waals surface area contributed by atoms with Crippen molar-refractivity contribution in [3.63, 3.8) is 0 Å². The highest BCUT2D eigenvalue weighted by Crippen LogP contribution is 2.15. The summed E-state index contributed by atoms with van der Waals surface area (Å²) in [4.78, 5) is 15.3. The zero-order valence-electron chi connectivity index (χ0n) is 11.5. The monoisotopic (exact) mass is 310 g/mol. The van der Waals surface area contributed by atoms with E-state index in [9.17, 15) is 13.2 Å². The zero-order valence-corrected chi connectivity index (χ0v) is 12.3. The second-order valence-electron chi connectivity index (χ2n) is 4.28. The maximum Gasteiger partial charge on any atom is 0.374 e. The Hall–Kier alpha value is -2.35. The van der Waals surface area contributed by atoms with E-state index in [4.69, 9.17) is 4.42 Å². The second-order valence-corrected chi connectivity index (χ2v) is 6.24. The molecule has 0 amide bonds. The van der Waals surface area contributed by atoms with Crippen LogP contribution in [0.1, 0.15) is 16.1 Å². The molecular formula is C13H14N2O5S. The number of aromatic nitrogens is 1. The number of carbonyl (C=O) groups is 1. The lowest BCUT2D eigenvalue weighted by atomic mass is 10.2. The maximum absolute atomic E-state index is 11.4. The Balaban J connectivity index is 2.07. The summed E-state index contributed by atoms with van der Waals surface area (Å²) in [6, 6.07) is 4.66. The SMILES string of the molecule is COC(=O)c1occc1CNc1ccc(S(C)(=O)=O)nc1. The average Bonchev–Trinajstić information content (AvgIpc) is 2.92. The van der Waals surface area contributed by atoms with Crippen LogP contribution in [0.25, 0.3) is 0 Å². The molecule has 2 aromatic heterocycles. The van der Waals surface area contributed by atoms with E-state index in [0.29, 0.717) is 17.8 Å². The molecule has 0 fully saturated rings. The lowest BCUT2D eigenvalue weighted by Gasteiger charge is -2.06. The predicted octanol–water partition coefficient (Wildman–Crippen LogP) is 1.48. The minimum absolute atomic E-state index is 0.00612. The topological polar surface area (TPSA) is 98.5 Å². The van der Waals surface area contributed by atoms with Gasteiger partial charge in [-0.25, -0.2) is 18.2 Å². The summed E-state index contributed by atoms with van der Waals surface area (Å²) >= 11 is 0. The number of hydrogen-bond donors (Lipinski definition) is 1.